The normalized spacial score (nSPS) is 12.3. The SMILES string of the molecule is C/C(=C(/C#N)NN)c1cc(C)cc(Cc2ccc(CC(C)(F)F)cc2)c1. The van der Waals surface area contributed by atoms with E-state index in [4.69, 9.17) is 11.1 Å². The summed E-state index contributed by atoms with van der Waals surface area (Å²) in [6.07, 6.45) is 0.428. The van der Waals surface area contributed by atoms with E-state index in [0.29, 0.717) is 17.7 Å². The Bertz CT molecular complexity index is 841. The van der Waals surface area contributed by atoms with Crippen molar-refractivity contribution in [2.45, 2.75) is 39.5 Å². The van der Waals surface area contributed by atoms with E-state index in [9.17, 15) is 8.78 Å². The molecular weight excluding hydrogens is 332 g/mol. The van der Waals surface area contributed by atoms with Crippen molar-refractivity contribution in [2.24, 2.45) is 5.84 Å². The van der Waals surface area contributed by atoms with E-state index in [2.05, 4.69) is 11.5 Å². The van der Waals surface area contributed by atoms with Gasteiger partial charge in [-0.1, -0.05) is 48.0 Å². The van der Waals surface area contributed by atoms with Gasteiger partial charge in [0.25, 0.3) is 0 Å². The van der Waals surface area contributed by atoms with Crippen molar-refractivity contribution in [2.75, 3.05) is 0 Å². The minimum atomic E-state index is -2.70. The maximum Gasteiger partial charge on any atom is 0.249 e. The monoisotopic (exact) mass is 355 g/mol. The van der Waals surface area contributed by atoms with Gasteiger partial charge in [-0.3, -0.25) is 0 Å². The molecule has 0 aliphatic heterocycles. The molecule has 0 radical (unpaired) electrons. The maximum atomic E-state index is 13.1. The lowest BCUT2D eigenvalue weighted by Crippen LogP contribution is -2.21. The van der Waals surface area contributed by atoms with Crippen LogP contribution >= 0.6 is 0 Å². The molecule has 5 heteroatoms. The first-order chi connectivity index (χ1) is 12.2. The van der Waals surface area contributed by atoms with Crippen LogP contribution in [-0.4, -0.2) is 5.92 Å². The van der Waals surface area contributed by atoms with E-state index in [-0.39, 0.29) is 6.42 Å². The minimum absolute atomic E-state index is 0.255. The smallest absolute Gasteiger partial charge is 0.249 e. The third kappa shape index (κ3) is 5.40. The van der Waals surface area contributed by atoms with E-state index < -0.39 is 5.92 Å². The zero-order valence-electron chi connectivity index (χ0n) is 15.2. The van der Waals surface area contributed by atoms with Crippen LogP contribution in [0.25, 0.3) is 5.57 Å². The lowest BCUT2D eigenvalue weighted by atomic mass is 9.96. The van der Waals surface area contributed by atoms with E-state index >= 15 is 0 Å². The number of nitrogens with zero attached hydrogens (tertiary/aromatic N) is 1. The van der Waals surface area contributed by atoms with Crippen molar-refractivity contribution in [3.63, 3.8) is 0 Å². The number of benzene rings is 2. The fourth-order valence-corrected chi connectivity index (χ4v) is 2.92. The molecule has 3 nitrogen and oxygen atoms in total. The summed E-state index contributed by atoms with van der Waals surface area (Å²) in [4.78, 5) is 0. The number of alkyl halides is 2. The van der Waals surface area contributed by atoms with Crippen LogP contribution < -0.4 is 11.3 Å². The van der Waals surface area contributed by atoms with Crippen LogP contribution in [0.2, 0.25) is 0 Å². The highest BCUT2D eigenvalue weighted by molar-refractivity contribution is 5.70. The molecule has 0 aliphatic carbocycles. The standard InChI is InChI=1S/C21H23F2N3/c1-14-8-18(11-19(9-14)15(2)20(13-24)26-25)10-16-4-6-17(7-5-16)12-21(3,22)23/h4-9,11,26H,10,12,25H2,1-3H3/b20-15+. The topological polar surface area (TPSA) is 61.8 Å². The summed E-state index contributed by atoms with van der Waals surface area (Å²) in [7, 11) is 0. The van der Waals surface area contributed by atoms with Crippen molar-refractivity contribution in [3.8, 4) is 6.07 Å². The molecule has 2 aromatic rings. The number of aryl methyl sites for hydroxylation is 1. The van der Waals surface area contributed by atoms with Crippen LogP contribution in [0.3, 0.4) is 0 Å². The Morgan fingerprint density at radius 2 is 1.73 bits per heavy atom. The molecule has 0 unspecified atom stereocenters. The molecule has 2 aromatic carbocycles. The van der Waals surface area contributed by atoms with E-state index in [1.165, 1.54) is 0 Å². The van der Waals surface area contributed by atoms with Crippen LogP contribution in [0, 0.1) is 18.3 Å². The number of hydrogen-bond acceptors (Lipinski definition) is 3. The van der Waals surface area contributed by atoms with E-state index in [1.54, 1.807) is 12.1 Å². The Morgan fingerprint density at radius 3 is 2.27 bits per heavy atom. The molecule has 0 atom stereocenters. The molecule has 2 rings (SSSR count). The predicted molar refractivity (Wildman–Crippen MR) is 100 cm³/mol. The Labute approximate surface area is 153 Å². The van der Waals surface area contributed by atoms with Gasteiger partial charge in [0.15, 0.2) is 0 Å². The van der Waals surface area contributed by atoms with Crippen molar-refractivity contribution < 1.29 is 8.78 Å². The largest absolute Gasteiger partial charge is 0.315 e. The minimum Gasteiger partial charge on any atom is -0.315 e. The molecule has 3 N–H and O–H groups in total. The number of halogens is 2. The molecule has 0 aliphatic rings. The summed E-state index contributed by atoms with van der Waals surface area (Å²) < 4.78 is 26.2. The fraction of sp³-hybridized carbons (Fsp3) is 0.286. The van der Waals surface area contributed by atoms with Gasteiger partial charge in [0.1, 0.15) is 11.8 Å². The highest BCUT2D eigenvalue weighted by atomic mass is 19.3. The number of nitrogens with one attached hydrogen (secondary N) is 1. The Kier molecular flexibility index (Phi) is 6.12. The van der Waals surface area contributed by atoms with Crippen LogP contribution in [0.1, 0.15) is 41.7 Å². The predicted octanol–water partition coefficient (Wildman–Crippen LogP) is 4.50. The van der Waals surface area contributed by atoms with Gasteiger partial charge in [-0.2, -0.15) is 5.26 Å². The highest BCUT2D eigenvalue weighted by Gasteiger charge is 2.21. The average Bonchev–Trinajstić information content (AvgIpc) is 2.56. The Morgan fingerprint density at radius 1 is 1.12 bits per heavy atom. The lowest BCUT2D eigenvalue weighted by Gasteiger charge is -2.12. The average molecular weight is 355 g/mol. The number of rotatable bonds is 6. The first-order valence-corrected chi connectivity index (χ1v) is 8.36. The van der Waals surface area contributed by atoms with Crippen molar-refractivity contribution >= 4 is 5.57 Å². The fourth-order valence-electron chi connectivity index (χ4n) is 2.92. The van der Waals surface area contributed by atoms with Crippen LogP contribution in [-0.2, 0) is 12.8 Å². The molecule has 0 heterocycles. The number of nitrogens with two attached hydrogens (primary N) is 1. The third-order valence-electron chi connectivity index (χ3n) is 4.15. The van der Waals surface area contributed by atoms with Gasteiger partial charge in [-0.25, -0.2) is 14.6 Å². The summed E-state index contributed by atoms with van der Waals surface area (Å²) in [5.41, 5.74) is 8.28. The second-order valence-corrected chi connectivity index (χ2v) is 6.70. The first kappa shape index (κ1) is 19.6. The lowest BCUT2D eigenvalue weighted by molar-refractivity contribution is 0.0226. The molecule has 0 saturated heterocycles. The molecule has 0 spiro atoms. The van der Waals surface area contributed by atoms with Gasteiger partial charge in [-0.05, 0) is 55.0 Å². The van der Waals surface area contributed by atoms with Crippen molar-refractivity contribution in [1.82, 2.24) is 5.43 Å². The number of hydrogen-bond donors (Lipinski definition) is 2. The first-order valence-electron chi connectivity index (χ1n) is 8.36. The van der Waals surface area contributed by atoms with E-state index in [1.807, 2.05) is 44.2 Å². The summed E-state index contributed by atoms with van der Waals surface area (Å²) in [5.74, 6) is 2.69. The summed E-state index contributed by atoms with van der Waals surface area (Å²) >= 11 is 0. The molecule has 136 valence electrons. The summed E-state index contributed by atoms with van der Waals surface area (Å²) in [5, 5.41) is 9.13. The summed E-state index contributed by atoms with van der Waals surface area (Å²) in [6, 6.07) is 15.4. The van der Waals surface area contributed by atoms with Gasteiger partial charge in [0.05, 0.1) is 0 Å². The number of hydrazine groups is 1. The van der Waals surface area contributed by atoms with Crippen LogP contribution in [0.4, 0.5) is 8.78 Å². The highest BCUT2D eigenvalue weighted by Crippen LogP contribution is 2.23. The van der Waals surface area contributed by atoms with Gasteiger partial charge < -0.3 is 5.43 Å². The van der Waals surface area contributed by atoms with Gasteiger partial charge in [0.2, 0.25) is 5.92 Å². The molecule has 26 heavy (non-hydrogen) atoms. The van der Waals surface area contributed by atoms with Gasteiger partial charge in [-0.15, -0.1) is 0 Å². The molecule has 0 amide bonds. The van der Waals surface area contributed by atoms with Crippen LogP contribution in [0.15, 0.2) is 48.2 Å². The number of nitriles is 1. The zero-order valence-corrected chi connectivity index (χ0v) is 15.2. The second-order valence-electron chi connectivity index (χ2n) is 6.70. The Balaban J connectivity index is 2.25. The van der Waals surface area contributed by atoms with Crippen molar-refractivity contribution in [3.05, 3.63) is 76.0 Å². The maximum absolute atomic E-state index is 13.1. The summed E-state index contributed by atoms with van der Waals surface area (Å²) in [6.45, 7) is 4.77. The van der Waals surface area contributed by atoms with Gasteiger partial charge in [0, 0.05) is 6.42 Å². The second kappa shape index (κ2) is 8.11. The number of allylic oxidation sites excluding steroid dienone is 2. The molecule has 0 aromatic heterocycles. The Hall–Kier alpha value is -2.71. The third-order valence-corrected chi connectivity index (χ3v) is 4.15. The molecule has 0 saturated carbocycles. The van der Waals surface area contributed by atoms with Gasteiger partial charge >= 0.3 is 0 Å². The molecule has 0 fully saturated rings. The quantitative estimate of drug-likeness (QED) is 0.455. The van der Waals surface area contributed by atoms with Crippen molar-refractivity contribution in [1.29, 1.82) is 5.26 Å². The van der Waals surface area contributed by atoms with Crippen LogP contribution in [0.5, 0.6) is 0 Å². The van der Waals surface area contributed by atoms with E-state index in [0.717, 1.165) is 34.8 Å². The zero-order chi connectivity index (χ0) is 19.3. The molecular formula is C21H23F2N3. The molecule has 0 bridgehead atoms.